The number of amides is 2. The molecule has 6 nitrogen and oxygen atoms in total. The highest BCUT2D eigenvalue weighted by molar-refractivity contribution is 5.87. The fourth-order valence-electron chi connectivity index (χ4n) is 2.94. The Labute approximate surface area is 180 Å². The molecule has 0 fully saturated rings. The van der Waals surface area contributed by atoms with Crippen LogP contribution >= 0.6 is 0 Å². The number of carbonyl (C=O) groups excluding carboxylic acids is 2. The van der Waals surface area contributed by atoms with Crippen molar-refractivity contribution in [3.05, 3.63) is 96.1 Å². The lowest BCUT2D eigenvalue weighted by molar-refractivity contribution is -0.142. The Bertz CT molecular complexity index is 982. The number of pyridine rings is 1. The van der Waals surface area contributed by atoms with Crippen LogP contribution < -0.4 is 10.1 Å². The second-order valence-electron chi connectivity index (χ2n) is 6.96. The van der Waals surface area contributed by atoms with E-state index < -0.39 is 6.04 Å². The molecule has 3 rings (SSSR count). The van der Waals surface area contributed by atoms with E-state index in [0.29, 0.717) is 17.0 Å². The van der Waals surface area contributed by atoms with Crippen LogP contribution in [0.15, 0.2) is 79.0 Å². The molecule has 1 atom stereocenters. The number of para-hydroxylation sites is 1. The van der Waals surface area contributed by atoms with Gasteiger partial charge in [-0.25, -0.2) is 4.39 Å². The highest BCUT2D eigenvalue weighted by Gasteiger charge is 2.26. The van der Waals surface area contributed by atoms with Gasteiger partial charge >= 0.3 is 0 Å². The van der Waals surface area contributed by atoms with Crippen molar-refractivity contribution in [3.8, 4) is 5.75 Å². The molecule has 1 aromatic heterocycles. The summed E-state index contributed by atoms with van der Waals surface area (Å²) in [4.78, 5) is 31.3. The molecule has 7 heteroatoms. The highest BCUT2D eigenvalue weighted by Crippen LogP contribution is 2.13. The zero-order chi connectivity index (χ0) is 22.1. The summed E-state index contributed by atoms with van der Waals surface area (Å²) < 4.78 is 18.8. The van der Waals surface area contributed by atoms with Crippen molar-refractivity contribution in [2.24, 2.45) is 0 Å². The van der Waals surface area contributed by atoms with Crippen molar-refractivity contribution in [3.63, 3.8) is 0 Å². The van der Waals surface area contributed by atoms with Crippen molar-refractivity contribution in [2.75, 3.05) is 6.61 Å². The molecular weight excluding hydrogens is 397 g/mol. The molecule has 0 saturated heterocycles. The lowest BCUT2D eigenvalue weighted by Crippen LogP contribution is -2.48. The first-order valence-electron chi connectivity index (χ1n) is 9.92. The molecule has 0 spiro atoms. The largest absolute Gasteiger partial charge is 0.484 e. The summed E-state index contributed by atoms with van der Waals surface area (Å²) in [5.74, 6) is -0.477. The molecule has 0 aliphatic rings. The van der Waals surface area contributed by atoms with E-state index in [4.69, 9.17) is 4.74 Å². The van der Waals surface area contributed by atoms with Gasteiger partial charge in [0.1, 0.15) is 17.6 Å². The normalized spacial score (nSPS) is 11.4. The van der Waals surface area contributed by atoms with Crippen molar-refractivity contribution < 1.29 is 18.7 Å². The Balaban J connectivity index is 1.69. The molecular formula is C24H24FN3O3. The first kappa shape index (κ1) is 22.0. The van der Waals surface area contributed by atoms with Crippen molar-refractivity contribution >= 4 is 11.8 Å². The summed E-state index contributed by atoms with van der Waals surface area (Å²) in [5.41, 5.74) is 1.42. The maximum Gasteiger partial charge on any atom is 0.261 e. The van der Waals surface area contributed by atoms with E-state index in [9.17, 15) is 14.0 Å². The molecule has 1 N–H and O–H groups in total. The number of aromatic nitrogens is 1. The average molecular weight is 421 g/mol. The molecule has 0 bridgehead atoms. The molecule has 0 saturated carbocycles. The fraction of sp³-hybridized carbons (Fsp3) is 0.208. The number of hydrogen-bond donors (Lipinski definition) is 1. The van der Waals surface area contributed by atoms with Gasteiger partial charge in [-0.15, -0.1) is 0 Å². The molecule has 0 aliphatic heterocycles. The van der Waals surface area contributed by atoms with E-state index in [2.05, 4.69) is 10.3 Å². The lowest BCUT2D eigenvalue weighted by Gasteiger charge is -2.28. The van der Waals surface area contributed by atoms with Crippen LogP contribution in [0.1, 0.15) is 18.2 Å². The second-order valence-corrected chi connectivity index (χ2v) is 6.96. The Morgan fingerprint density at radius 2 is 1.74 bits per heavy atom. The van der Waals surface area contributed by atoms with Crippen LogP contribution in [0.5, 0.6) is 5.75 Å². The van der Waals surface area contributed by atoms with Crippen molar-refractivity contribution in [1.82, 2.24) is 15.2 Å². The summed E-state index contributed by atoms with van der Waals surface area (Å²) in [6.07, 6.45) is 1.65. The summed E-state index contributed by atoms with van der Waals surface area (Å²) >= 11 is 0. The average Bonchev–Trinajstić information content (AvgIpc) is 2.81. The molecule has 160 valence electrons. The molecule has 1 unspecified atom stereocenters. The lowest BCUT2D eigenvalue weighted by atomic mass is 10.1. The molecule has 2 amide bonds. The Morgan fingerprint density at radius 1 is 1.03 bits per heavy atom. The van der Waals surface area contributed by atoms with Crippen molar-refractivity contribution in [2.45, 2.75) is 26.1 Å². The number of nitrogens with zero attached hydrogens (tertiary/aromatic N) is 2. The number of hydrogen-bond acceptors (Lipinski definition) is 4. The predicted octanol–water partition coefficient (Wildman–Crippen LogP) is 3.33. The van der Waals surface area contributed by atoms with Gasteiger partial charge in [0, 0.05) is 12.7 Å². The summed E-state index contributed by atoms with van der Waals surface area (Å²) in [7, 11) is 0. The molecule has 31 heavy (non-hydrogen) atoms. The predicted molar refractivity (Wildman–Crippen MR) is 114 cm³/mol. The molecule has 2 aromatic carbocycles. The SMILES string of the molecule is CC(C(=O)NCc1ccccn1)N(Cc1ccc(F)cc1)C(=O)COc1ccccc1. The van der Waals surface area contributed by atoms with Gasteiger partial charge in [-0.2, -0.15) is 0 Å². The maximum absolute atomic E-state index is 13.3. The number of nitrogens with one attached hydrogen (secondary N) is 1. The highest BCUT2D eigenvalue weighted by atomic mass is 19.1. The van der Waals surface area contributed by atoms with Crippen LogP contribution in [0.4, 0.5) is 4.39 Å². The molecule has 0 aliphatic carbocycles. The second kappa shape index (κ2) is 10.9. The van der Waals surface area contributed by atoms with Crippen LogP contribution in [-0.4, -0.2) is 34.3 Å². The van der Waals surface area contributed by atoms with Crippen LogP contribution in [0.3, 0.4) is 0 Å². The topological polar surface area (TPSA) is 71.5 Å². The van der Waals surface area contributed by atoms with Gasteiger partial charge in [-0.3, -0.25) is 14.6 Å². The van der Waals surface area contributed by atoms with Gasteiger partial charge in [-0.05, 0) is 48.9 Å². The minimum atomic E-state index is -0.763. The number of carbonyl (C=O) groups is 2. The Kier molecular flexibility index (Phi) is 7.70. The maximum atomic E-state index is 13.3. The van der Waals surface area contributed by atoms with E-state index in [1.165, 1.54) is 17.0 Å². The van der Waals surface area contributed by atoms with Crippen LogP contribution in [0.2, 0.25) is 0 Å². The summed E-state index contributed by atoms with van der Waals surface area (Å²) in [6, 6.07) is 19.5. The van der Waals surface area contributed by atoms with Gasteiger partial charge in [0.2, 0.25) is 5.91 Å². The summed E-state index contributed by atoms with van der Waals surface area (Å²) in [5, 5.41) is 2.81. The van der Waals surface area contributed by atoms with Gasteiger partial charge < -0.3 is 15.0 Å². The van der Waals surface area contributed by atoms with E-state index >= 15 is 0 Å². The number of rotatable bonds is 9. The van der Waals surface area contributed by atoms with Crippen LogP contribution in [-0.2, 0) is 22.7 Å². The third-order valence-electron chi connectivity index (χ3n) is 4.71. The smallest absolute Gasteiger partial charge is 0.261 e. The number of benzene rings is 2. The minimum Gasteiger partial charge on any atom is -0.484 e. The first-order chi connectivity index (χ1) is 15.0. The number of halogens is 1. The Hall–Kier alpha value is -3.74. The third kappa shape index (κ3) is 6.64. The molecule has 1 heterocycles. The quantitative estimate of drug-likeness (QED) is 0.575. The van der Waals surface area contributed by atoms with Gasteiger partial charge in [-0.1, -0.05) is 36.4 Å². The Morgan fingerprint density at radius 3 is 2.42 bits per heavy atom. The molecule has 0 radical (unpaired) electrons. The van der Waals surface area contributed by atoms with Gasteiger partial charge in [0.15, 0.2) is 6.61 Å². The van der Waals surface area contributed by atoms with E-state index in [0.717, 1.165) is 0 Å². The zero-order valence-corrected chi connectivity index (χ0v) is 17.2. The van der Waals surface area contributed by atoms with Crippen LogP contribution in [0, 0.1) is 5.82 Å². The summed E-state index contributed by atoms with van der Waals surface area (Å²) in [6.45, 7) is 1.83. The number of ether oxygens (including phenoxy) is 1. The van der Waals surface area contributed by atoms with Crippen LogP contribution in [0.25, 0.3) is 0 Å². The van der Waals surface area contributed by atoms with E-state index in [1.54, 1.807) is 49.5 Å². The van der Waals surface area contributed by atoms with Gasteiger partial charge in [0.25, 0.3) is 5.91 Å². The monoisotopic (exact) mass is 421 g/mol. The fourth-order valence-corrected chi connectivity index (χ4v) is 2.94. The van der Waals surface area contributed by atoms with Crippen molar-refractivity contribution in [1.29, 1.82) is 0 Å². The first-order valence-corrected chi connectivity index (χ1v) is 9.92. The standard InChI is InChI=1S/C24H24FN3O3/c1-18(24(30)27-15-21-7-5-6-14-26-21)28(16-19-10-12-20(25)13-11-19)23(29)17-31-22-8-3-2-4-9-22/h2-14,18H,15-17H2,1H3,(H,27,30). The van der Waals surface area contributed by atoms with E-state index in [-0.39, 0.29) is 37.3 Å². The zero-order valence-electron chi connectivity index (χ0n) is 17.2. The minimum absolute atomic E-state index is 0.148. The third-order valence-corrected chi connectivity index (χ3v) is 4.71. The van der Waals surface area contributed by atoms with Gasteiger partial charge in [0.05, 0.1) is 12.2 Å². The molecule has 3 aromatic rings. The van der Waals surface area contributed by atoms with E-state index in [1.807, 2.05) is 24.3 Å².